The summed E-state index contributed by atoms with van der Waals surface area (Å²) in [4.78, 5) is 4.05. The summed E-state index contributed by atoms with van der Waals surface area (Å²) in [6.07, 6.45) is 1.53. The molecule has 2 aromatic rings. The van der Waals surface area contributed by atoms with Gasteiger partial charge in [0.25, 0.3) is 0 Å². The molecular formula is C13H13ClN2O. The van der Waals surface area contributed by atoms with Crippen LogP contribution in [-0.2, 0) is 0 Å². The minimum absolute atomic E-state index is 0.446. The van der Waals surface area contributed by atoms with Crippen molar-refractivity contribution >= 4 is 17.4 Å². The minimum atomic E-state index is 0.446. The van der Waals surface area contributed by atoms with E-state index in [0.717, 1.165) is 16.9 Å². The first-order valence-corrected chi connectivity index (χ1v) is 5.73. The van der Waals surface area contributed by atoms with Gasteiger partial charge in [0.05, 0.1) is 11.6 Å². The van der Waals surface area contributed by atoms with Gasteiger partial charge in [0.15, 0.2) is 0 Å². The molecule has 2 N–H and O–H groups in total. The van der Waals surface area contributed by atoms with Crippen molar-refractivity contribution in [2.45, 2.75) is 6.92 Å². The lowest BCUT2D eigenvalue weighted by Crippen LogP contribution is -1.97. The fourth-order valence-corrected chi connectivity index (χ4v) is 1.79. The maximum atomic E-state index is 5.94. The fraction of sp³-hybridized carbons (Fsp3) is 0.154. The third-order valence-electron chi connectivity index (χ3n) is 2.36. The summed E-state index contributed by atoms with van der Waals surface area (Å²) < 4.78 is 5.56. The number of aromatic nitrogens is 1. The zero-order valence-electron chi connectivity index (χ0n) is 9.48. The van der Waals surface area contributed by atoms with E-state index >= 15 is 0 Å². The molecule has 0 radical (unpaired) electrons. The van der Waals surface area contributed by atoms with Crippen molar-refractivity contribution < 1.29 is 4.74 Å². The quantitative estimate of drug-likeness (QED) is 0.906. The second-order valence-corrected chi connectivity index (χ2v) is 3.95. The van der Waals surface area contributed by atoms with Crippen LogP contribution in [0.25, 0.3) is 11.1 Å². The Morgan fingerprint density at radius 2 is 2.06 bits per heavy atom. The van der Waals surface area contributed by atoms with Crippen LogP contribution >= 0.6 is 11.6 Å². The van der Waals surface area contributed by atoms with E-state index in [2.05, 4.69) is 4.98 Å². The molecule has 1 heterocycles. The van der Waals surface area contributed by atoms with Gasteiger partial charge in [-0.15, -0.1) is 0 Å². The van der Waals surface area contributed by atoms with Crippen molar-refractivity contribution in [3.63, 3.8) is 0 Å². The van der Waals surface area contributed by atoms with E-state index < -0.39 is 0 Å². The van der Waals surface area contributed by atoms with Gasteiger partial charge in [-0.25, -0.2) is 4.98 Å². The van der Waals surface area contributed by atoms with Gasteiger partial charge in [-0.05, 0) is 19.1 Å². The molecule has 0 saturated carbocycles. The van der Waals surface area contributed by atoms with Crippen molar-refractivity contribution in [3.05, 3.63) is 41.6 Å². The highest BCUT2D eigenvalue weighted by Gasteiger charge is 2.10. The third-order valence-corrected chi connectivity index (χ3v) is 2.57. The lowest BCUT2D eigenvalue weighted by molar-refractivity contribution is 0.341. The number of hydrogen-bond donors (Lipinski definition) is 1. The molecule has 0 aliphatic heterocycles. The maximum Gasteiger partial charge on any atom is 0.131 e. The first-order valence-electron chi connectivity index (χ1n) is 5.35. The highest BCUT2D eigenvalue weighted by Crippen LogP contribution is 2.34. The van der Waals surface area contributed by atoms with Crippen LogP contribution in [0.5, 0.6) is 5.75 Å². The maximum absolute atomic E-state index is 5.94. The van der Waals surface area contributed by atoms with Gasteiger partial charge < -0.3 is 10.5 Å². The fourth-order valence-electron chi connectivity index (χ4n) is 1.64. The number of nitrogens with zero attached hydrogens (tertiary/aromatic N) is 1. The van der Waals surface area contributed by atoms with Gasteiger partial charge in [0.1, 0.15) is 11.6 Å². The van der Waals surface area contributed by atoms with E-state index in [1.165, 1.54) is 6.20 Å². The molecule has 3 nitrogen and oxygen atoms in total. The second kappa shape index (κ2) is 5.06. The normalized spacial score (nSPS) is 10.2. The zero-order valence-corrected chi connectivity index (χ0v) is 10.2. The Balaban J connectivity index is 2.55. The summed E-state index contributed by atoms with van der Waals surface area (Å²) in [5, 5.41) is 0.556. The molecule has 1 aromatic carbocycles. The highest BCUT2D eigenvalue weighted by molar-refractivity contribution is 6.30. The average molecular weight is 249 g/mol. The topological polar surface area (TPSA) is 48.1 Å². The first-order chi connectivity index (χ1) is 8.22. The first kappa shape index (κ1) is 11.7. The Morgan fingerprint density at radius 3 is 2.82 bits per heavy atom. The summed E-state index contributed by atoms with van der Waals surface area (Å²) in [5.41, 5.74) is 7.56. The number of benzene rings is 1. The number of pyridine rings is 1. The van der Waals surface area contributed by atoms with E-state index in [1.54, 1.807) is 6.07 Å². The Labute approximate surface area is 105 Å². The Bertz CT molecular complexity index is 529. The summed E-state index contributed by atoms with van der Waals surface area (Å²) in [7, 11) is 0. The van der Waals surface area contributed by atoms with E-state index in [9.17, 15) is 0 Å². The van der Waals surface area contributed by atoms with Crippen LogP contribution in [0.3, 0.4) is 0 Å². The van der Waals surface area contributed by atoms with Crippen LogP contribution in [0.1, 0.15) is 6.92 Å². The highest BCUT2D eigenvalue weighted by atomic mass is 35.5. The molecule has 0 unspecified atom stereocenters. The number of para-hydroxylation sites is 1. The lowest BCUT2D eigenvalue weighted by Gasteiger charge is -2.11. The minimum Gasteiger partial charge on any atom is -0.493 e. The molecule has 4 heteroatoms. The van der Waals surface area contributed by atoms with E-state index in [4.69, 9.17) is 22.1 Å². The molecule has 17 heavy (non-hydrogen) atoms. The van der Waals surface area contributed by atoms with E-state index in [1.807, 2.05) is 31.2 Å². The van der Waals surface area contributed by atoms with Crippen molar-refractivity contribution in [1.29, 1.82) is 0 Å². The van der Waals surface area contributed by atoms with Gasteiger partial charge in [0, 0.05) is 17.3 Å². The molecule has 0 aliphatic rings. The van der Waals surface area contributed by atoms with Gasteiger partial charge in [-0.3, -0.25) is 0 Å². The van der Waals surface area contributed by atoms with Crippen molar-refractivity contribution in [1.82, 2.24) is 4.98 Å². The predicted molar refractivity (Wildman–Crippen MR) is 70.3 cm³/mol. The van der Waals surface area contributed by atoms with Crippen LogP contribution in [-0.4, -0.2) is 11.6 Å². The number of nitrogens with two attached hydrogens (primary N) is 1. The van der Waals surface area contributed by atoms with Crippen molar-refractivity contribution in [2.24, 2.45) is 0 Å². The van der Waals surface area contributed by atoms with Crippen molar-refractivity contribution in [3.8, 4) is 16.9 Å². The van der Waals surface area contributed by atoms with Crippen LogP contribution in [0, 0.1) is 0 Å². The van der Waals surface area contributed by atoms with Gasteiger partial charge in [0.2, 0.25) is 0 Å². The number of ether oxygens (including phenoxy) is 1. The number of anilines is 1. The Morgan fingerprint density at radius 1 is 1.29 bits per heavy atom. The van der Waals surface area contributed by atoms with Crippen LogP contribution in [0.4, 0.5) is 5.82 Å². The van der Waals surface area contributed by atoms with Crippen molar-refractivity contribution in [2.75, 3.05) is 12.3 Å². The molecule has 0 saturated heterocycles. The Hall–Kier alpha value is -1.74. The third kappa shape index (κ3) is 2.50. The van der Waals surface area contributed by atoms with Gasteiger partial charge in [-0.1, -0.05) is 29.8 Å². The molecule has 88 valence electrons. The number of halogens is 1. The van der Waals surface area contributed by atoms with E-state index in [0.29, 0.717) is 17.4 Å². The molecule has 0 aliphatic carbocycles. The molecule has 0 atom stereocenters. The number of hydrogen-bond acceptors (Lipinski definition) is 3. The van der Waals surface area contributed by atoms with Crippen LogP contribution < -0.4 is 10.5 Å². The molecule has 0 amide bonds. The average Bonchev–Trinajstić information content (AvgIpc) is 2.34. The summed E-state index contributed by atoms with van der Waals surface area (Å²) in [5.74, 6) is 1.23. The molecule has 0 bridgehead atoms. The monoisotopic (exact) mass is 248 g/mol. The van der Waals surface area contributed by atoms with Crippen LogP contribution in [0.15, 0.2) is 36.5 Å². The number of nitrogen functional groups attached to an aromatic ring is 1. The molecular weight excluding hydrogens is 236 g/mol. The largest absolute Gasteiger partial charge is 0.493 e. The molecule has 1 aromatic heterocycles. The molecule has 2 rings (SSSR count). The smallest absolute Gasteiger partial charge is 0.131 e. The second-order valence-electron chi connectivity index (χ2n) is 3.52. The van der Waals surface area contributed by atoms with Gasteiger partial charge >= 0.3 is 0 Å². The van der Waals surface area contributed by atoms with Gasteiger partial charge in [-0.2, -0.15) is 0 Å². The summed E-state index contributed by atoms with van der Waals surface area (Å²) in [6, 6.07) is 9.48. The van der Waals surface area contributed by atoms with E-state index in [-0.39, 0.29) is 0 Å². The summed E-state index contributed by atoms with van der Waals surface area (Å²) in [6.45, 7) is 2.54. The molecule has 0 fully saturated rings. The lowest BCUT2D eigenvalue weighted by atomic mass is 10.1. The zero-order chi connectivity index (χ0) is 12.3. The summed E-state index contributed by atoms with van der Waals surface area (Å²) >= 11 is 5.94. The SMILES string of the molecule is CCOc1ccccc1-c1cc(Cl)cnc1N. The standard InChI is InChI=1S/C13H13ClN2O/c1-2-17-12-6-4-3-5-10(12)11-7-9(14)8-16-13(11)15/h3-8H,2H2,1H3,(H2,15,16). The molecule has 0 spiro atoms. The predicted octanol–water partition coefficient (Wildman–Crippen LogP) is 3.38. The Kier molecular flexibility index (Phi) is 3.49. The van der Waals surface area contributed by atoms with Crippen LogP contribution in [0.2, 0.25) is 5.02 Å². The number of rotatable bonds is 3.